The standard InChI is InChI=1S/C27H28N2O3/c30-18-24-26(23-16-28(17-25(31)29(23)24)27(32)22-10-5-11-22)21-14-12-20(13-15-21)9-4-8-19-6-2-1-3-7-19/h1-3,6-7,12-15,22-24,26,30H,5,8,10-11,16-18H2/t23-,24+,26-/m0/s1. The lowest BCUT2D eigenvalue weighted by Crippen LogP contribution is -2.73. The van der Waals surface area contributed by atoms with Crippen LogP contribution in [-0.4, -0.2) is 58.5 Å². The van der Waals surface area contributed by atoms with Crippen molar-refractivity contribution in [2.45, 2.75) is 43.7 Å². The van der Waals surface area contributed by atoms with E-state index < -0.39 is 0 Å². The van der Waals surface area contributed by atoms with Crippen LogP contribution in [0.2, 0.25) is 0 Å². The minimum Gasteiger partial charge on any atom is -0.394 e. The summed E-state index contributed by atoms with van der Waals surface area (Å²) in [6, 6.07) is 18.0. The normalized spacial score (nSPS) is 24.7. The Morgan fingerprint density at radius 2 is 1.81 bits per heavy atom. The molecule has 2 heterocycles. The van der Waals surface area contributed by atoms with Gasteiger partial charge in [0, 0.05) is 30.4 Å². The van der Waals surface area contributed by atoms with Crippen molar-refractivity contribution in [2.24, 2.45) is 5.92 Å². The summed E-state index contributed by atoms with van der Waals surface area (Å²) in [4.78, 5) is 29.0. The maximum atomic E-state index is 12.7. The minimum absolute atomic E-state index is 0.0345. The van der Waals surface area contributed by atoms with Crippen molar-refractivity contribution in [3.8, 4) is 11.8 Å². The number of carbonyl (C=O) groups is 2. The van der Waals surface area contributed by atoms with E-state index in [2.05, 4.69) is 24.0 Å². The molecule has 5 rings (SSSR count). The van der Waals surface area contributed by atoms with E-state index in [4.69, 9.17) is 0 Å². The highest BCUT2D eigenvalue weighted by Crippen LogP contribution is 2.43. The zero-order valence-electron chi connectivity index (χ0n) is 18.1. The van der Waals surface area contributed by atoms with Crippen molar-refractivity contribution in [3.63, 3.8) is 0 Å². The van der Waals surface area contributed by atoms with Gasteiger partial charge in [0.15, 0.2) is 0 Å². The molecule has 5 heteroatoms. The van der Waals surface area contributed by atoms with E-state index >= 15 is 0 Å². The Morgan fingerprint density at radius 1 is 1.06 bits per heavy atom. The number of fused-ring (bicyclic) bond motifs is 1. The maximum Gasteiger partial charge on any atom is 0.242 e. The van der Waals surface area contributed by atoms with Gasteiger partial charge in [0.05, 0.1) is 25.2 Å². The third kappa shape index (κ3) is 3.80. The van der Waals surface area contributed by atoms with Gasteiger partial charge < -0.3 is 14.9 Å². The molecule has 2 saturated heterocycles. The zero-order valence-corrected chi connectivity index (χ0v) is 18.1. The summed E-state index contributed by atoms with van der Waals surface area (Å²) in [5, 5.41) is 9.97. The van der Waals surface area contributed by atoms with E-state index in [0.717, 1.165) is 30.4 Å². The van der Waals surface area contributed by atoms with Gasteiger partial charge in [-0.15, -0.1) is 0 Å². The summed E-state index contributed by atoms with van der Waals surface area (Å²) in [5.41, 5.74) is 3.23. The quantitative estimate of drug-likeness (QED) is 0.762. The van der Waals surface area contributed by atoms with Gasteiger partial charge in [-0.05, 0) is 36.1 Å². The van der Waals surface area contributed by atoms with Crippen LogP contribution in [-0.2, 0) is 16.0 Å². The summed E-state index contributed by atoms with van der Waals surface area (Å²) >= 11 is 0. The van der Waals surface area contributed by atoms with Crippen LogP contribution in [0, 0.1) is 17.8 Å². The largest absolute Gasteiger partial charge is 0.394 e. The van der Waals surface area contributed by atoms with Gasteiger partial charge >= 0.3 is 0 Å². The average molecular weight is 429 g/mol. The van der Waals surface area contributed by atoms with Crippen molar-refractivity contribution in [2.75, 3.05) is 19.7 Å². The second-order valence-corrected chi connectivity index (χ2v) is 9.08. The molecule has 1 aliphatic carbocycles. The van der Waals surface area contributed by atoms with E-state index in [0.29, 0.717) is 13.0 Å². The van der Waals surface area contributed by atoms with Gasteiger partial charge in [0.1, 0.15) is 0 Å². The van der Waals surface area contributed by atoms with Gasteiger partial charge in [0.25, 0.3) is 0 Å². The first-order valence-corrected chi connectivity index (χ1v) is 11.5. The number of benzene rings is 2. The lowest BCUT2D eigenvalue weighted by molar-refractivity contribution is -0.169. The monoisotopic (exact) mass is 428 g/mol. The number of hydrogen-bond donors (Lipinski definition) is 1. The third-order valence-corrected chi connectivity index (χ3v) is 7.18. The number of rotatable bonds is 4. The molecule has 0 spiro atoms. The van der Waals surface area contributed by atoms with Crippen molar-refractivity contribution in [1.82, 2.24) is 9.80 Å². The third-order valence-electron chi connectivity index (χ3n) is 7.18. The first-order valence-electron chi connectivity index (χ1n) is 11.5. The molecule has 0 bridgehead atoms. The van der Waals surface area contributed by atoms with Gasteiger partial charge in [-0.3, -0.25) is 9.59 Å². The molecule has 0 aromatic heterocycles. The summed E-state index contributed by atoms with van der Waals surface area (Å²) in [6.45, 7) is 0.633. The molecule has 164 valence electrons. The summed E-state index contributed by atoms with van der Waals surface area (Å²) in [7, 11) is 0. The average Bonchev–Trinajstić information content (AvgIpc) is 2.75. The van der Waals surface area contributed by atoms with Crippen LogP contribution in [0.25, 0.3) is 0 Å². The molecular weight excluding hydrogens is 400 g/mol. The van der Waals surface area contributed by atoms with E-state index in [1.54, 1.807) is 9.80 Å². The second-order valence-electron chi connectivity index (χ2n) is 9.08. The molecule has 2 amide bonds. The number of carbonyl (C=O) groups excluding carboxylic acids is 2. The van der Waals surface area contributed by atoms with E-state index in [9.17, 15) is 14.7 Å². The molecule has 3 atom stereocenters. The van der Waals surface area contributed by atoms with Gasteiger partial charge in [-0.1, -0.05) is 60.7 Å². The Morgan fingerprint density at radius 3 is 2.47 bits per heavy atom. The summed E-state index contributed by atoms with van der Waals surface area (Å²) in [6.07, 6.45) is 3.69. The topological polar surface area (TPSA) is 60.9 Å². The Hall–Kier alpha value is -3.10. The van der Waals surface area contributed by atoms with Gasteiger partial charge in [0.2, 0.25) is 11.8 Å². The molecule has 0 radical (unpaired) electrons. The predicted octanol–water partition coefficient (Wildman–Crippen LogP) is 2.58. The number of piperazine rings is 1. The minimum atomic E-state index is -0.219. The molecule has 2 aromatic rings. The molecule has 2 aromatic carbocycles. The number of hydrogen-bond acceptors (Lipinski definition) is 3. The van der Waals surface area contributed by atoms with Gasteiger partial charge in [-0.2, -0.15) is 0 Å². The molecule has 3 fully saturated rings. The van der Waals surface area contributed by atoms with Crippen LogP contribution >= 0.6 is 0 Å². The first kappa shape index (κ1) is 20.8. The second kappa shape index (κ2) is 8.80. The maximum absolute atomic E-state index is 12.7. The molecule has 0 unspecified atom stereocenters. The summed E-state index contributed by atoms with van der Waals surface area (Å²) in [5.74, 6) is 6.64. The predicted molar refractivity (Wildman–Crippen MR) is 122 cm³/mol. The Bertz CT molecular complexity index is 1050. The fourth-order valence-electron chi connectivity index (χ4n) is 5.21. The highest BCUT2D eigenvalue weighted by molar-refractivity contribution is 5.89. The Balaban J connectivity index is 1.29. The summed E-state index contributed by atoms with van der Waals surface area (Å²) < 4.78 is 0. The molecule has 1 saturated carbocycles. The fourth-order valence-corrected chi connectivity index (χ4v) is 5.21. The first-order chi connectivity index (χ1) is 15.7. The fraction of sp³-hybridized carbons (Fsp3) is 0.407. The number of aliphatic hydroxyl groups is 1. The highest BCUT2D eigenvalue weighted by Gasteiger charge is 2.54. The van der Waals surface area contributed by atoms with Crippen molar-refractivity contribution in [1.29, 1.82) is 0 Å². The number of amides is 2. The van der Waals surface area contributed by atoms with Crippen molar-refractivity contribution in [3.05, 3.63) is 71.3 Å². The molecule has 32 heavy (non-hydrogen) atoms. The van der Waals surface area contributed by atoms with Crippen LogP contribution < -0.4 is 0 Å². The Labute approximate surface area is 189 Å². The lowest BCUT2D eigenvalue weighted by atomic mass is 9.73. The number of aliphatic hydroxyl groups excluding tert-OH is 1. The van der Waals surface area contributed by atoms with Crippen LogP contribution in [0.1, 0.15) is 41.9 Å². The van der Waals surface area contributed by atoms with E-state index in [-0.39, 0.29) is 48.9 Å². The van der Waals surface area contributed by atoms with Crippen LogP contribution in [0.3, 0.4) is 0 Å². The van der Waals surface area contributed by atoms with Crippen LogP contribution in [0.15, 0.2) is 54.6 Å². The van der Waals surface area contributed by atoms with E-state index in [1.807, 2.05) is 42.5 Å². The number of nitrogens with zero attached hydrogens (tertiary/aromatic N) is 2. The van der Waals surface area contributed by atoms with Crippen molar-refractivity contribution >= 4 is 11.8 Å². The van der Waals surface area contributed by atoms with Crippen LogP contribution in [0.4, 0.5) is 0 Å². The van der Waals surface area contributed by atoms with Crippen molar-refractivity contribution < 1.29 is 14.7 Å². The highest BCUT2D eigenvalue weighted by atomic mass is 16.3. The lowest BCUT2D eigenvalue weighted by Gasteiger charge is -2.59. The Kier molecular flexibility index (Phi) is 5.71. The van der Waals surface area contributed by atoms with Gasteiger partial charge in [-0.25, -0.2) is 0 Å². The zero-order chi connectivity index (χ0) is 22.1. The SMILES string of the molecule is O=C(C1CCC1)N1CC(=O)N2[C@H](CO)[C@@H](c3ccc(C#CCc4ccccc4)cc3)[C@@H]2C1. The molecule has 1 N–H and O–H groups in total. The van der Waals surface area contributed by atoms with E-state index in [1.165, 1.54) is 5.56 Å². The molecule has 5 nitrogen and oxygen atoms in total. The smallest absolute Gasteiger partial charge is 0.242 e. The molecular formula is C27H28N2O3. The molecule has 3 aliphatic rings. The molecule has 2 aliphatic heterocycles. The van der Waals surface area contributed by atoms with Crippen LogP contribution in [0.5, 0.6) is 0 Å².